The maximum absolute atomic E-state index is 14.0. The van der Waals surface area contributed by atoms with Crippen molar-refractivity contribution in [2.75, 3.05) is 12.4 Å². The number of imidazole rings is 2. The van der Waals surface area contributed by atoms with Crippen LogP contribution >= 0.6 is 0 Å². The number of hydrogen-bond donors (Lipinski definition) is 4. The predicted octanol–water partition coefficient (Wildman–Crippen LogP) is 3.51. The number of carbonyl (C=O) groups is 3. The van der Waals surface area contributed by atoms with Gasteiger partial charge in [0.1, 0.15) is 17.7 Å². The van der Waals surface area contributed by atoms with Crippen molar-refractivity contribution >= 4 is 45.5 Å². The van der Waals surface area contributed by atoms with Crippen LogP contribution in [-0.2, 0) is 29.2 Å². The fourth-order valence-corrected chi connectivity index (χ4v) is 5.06. The molecule has 4 N–H and O–H groups in total. The largest absolute Gasteiger partial charge is 0.481 e. The standard InChI is InChI=1S/C29H27N7O4/c1-35-14-18-12-17(10-11-19(18)30-24(29(35)40)13-27(37)38)28(39)36(15-25-31-20-6-2-3-7-21(20)32-25)16-26-33-22-8-4-5-9-23(22)34-26/h2-12,24,30H,13-16H2,1H3,(H,31,32)(H,33,34)(H,37,38)/t24-/m0/s1. The van der Waals surface area contributed by atoms with Gasteiger partial charge in [-0.05, 0) is 48.0 Å². The van der Waals surface area contributed by atoms with Crippen molar-refractivity contribution in [2.45, 2.75) is 32.1 Å². The number of anilines is 1. The molecule has 0 unspecified atom stereocenters. The number of carboxylic acids is 1. The summed E-state index contributed by atoms with van der Waals surface area (Å²) in [6, 6.07) is 19.7. The Hall–Kier alpha value is -5.19. The second-order valence-corrected chi connectivity index (χ2v) is 9.92. The number of H-pyrrole nitrogens is 2. The van der Waals surface area contributed by atoms with Gasteiger partial charge in [-0.1, -0.05) is 24.3 Å². The van der Waals surface area contributed by atoms with E-state index in [1.54, 1.807) is 30.1 Å². The van der Waals surface area contributed by atoms with Crippen LogP contribution in [0.3, 0.4) is 0 Å². The number of nitrogens with zero attached hydrogens (tertiary/aromatic N) is 4. The zero-order chi connectivity index (χ0) is 27.8. The molecular formula is C29H27N7O4. The van der Waals surface area contributed by atoms with Crippen LogP contribution in [0.25, 0.3) is 22.1 Å². The van der Waals surface area contributed by atoms with Gasteiger partial charge >= 0.3 is 5.97 Å². The number of amides is 2. The zero-order valence-electron chi connectivity index (χ0n) is 21.7. The zero-order valence-corrected chi connectivity index (χ0v) is 21.7. The monoisotopic (exact) mass is 537 g/mol. The SMILES string of the molecule is CN1Cc2cc(C(=O)N(Cc3nc4ccccc4[nH]3)Cc3nc4ccccc4[nH]3)ccc2N[C@@H](CC(=O)O)C1=O. The number of hydrogen-bond acceptors (Lipinski definition) is 6. The average molecular weight is 538 g/mol. The molecule has 11 nitrogen and oxygen atoms in total. The third-order valence-corrected chi connectivity index (χ3v) is 6.99. The first-order valence-electron chi connectivity index (χ1n) is 12.9. The van der Waals surface area contributed by atoms with Crippen molar-refractivity contribution in [1.82, 2.24) is 29.7 Å². The average Bonchev–Trinajstić information content (AvgIpc) is 3.52. The van der Waals surface area contributed by atoms with E-state index in [2.05, 4.69) is 25.3 Å². The molecule has 202 valence electrons. The lowest BCUT2D eigenvalue weighted by molar-refractivity contribution is -0.141. The van der Waals surface area contributed by atoms with E-state index < -0.39 is 12.0 Å². The van der Waals surface area contributed by atoms with Gasteiger partial charge in [-0.3, -0.25) is 14.4 Å². The first kappa shape index (κ1) is 25.1. The number of aromatic nitrogens is 4. The van der Waals surface area contributed by atoms with E-state index in [4.69, 9.17) is 0 Å². The molecule has 0 radical (unpaired) electrons. The van der Waals surface area contributed by atoms with Crippen molar-refractivity contribution in [3.63, 3.8) is 0 Å². The van der Waals surface area contributed by atoms with Crippen molar-refractivity contribution in [1.29, 1.82) is 0 Å². The van der Waals surface area contributed by atoms with E-state index in [0.29, 0.717) is 22.9 Å². The smallest absolute Gasteiger partial charge is 0.305 e. The van der Waals surface area contributed by atoms with Crippen molar-refractivity contribution < 1.29 is 19.5 Å². The third-order valence-electron chi connectivity index (χ3n) is 6.99. The van der Waals surface area contributed by atoms with Gasteiger partial charge in [0, 0.05) is 24.8 Å². The molecule has 0 spiro atoms. The number of likely N-dealkylation sites (N-methyl/N-ethyl adjacent to an activating group) is 1. The Labute approximate surface area is 228 Å². The Morgan fingerprint density at radius 2 is 1.55 bits per heavy atom. The first-order valence-corrected chi connectivity index (χ1v) is 12.9. The number of carboxylic acid groups (broad SMARTS) is 1. The number of fused-ring (bicyclic) bond motifs is 3. The molecule has 5 aromatic rings. The molecule has 0 aliphatic carbocycles. The van der Waals surface area contributed by atoms with E-state index in [1.807, 2.05) is 48.5 Å². The van der Waals surface area contributed by atoms with Crippen LogP contribution in [0.4, 0.5) is 5.69 Å². The van der Waals surface area contributed by atoms with Crippen LogP contribution in [-0.4, -0.2) is 65.7 Å². The molecular weight excluding hydrogens is 510 g/mol. The summed E-state index contributed by atoms with van der Waals surface area (Å²) < 4.78 is 0. The fraction of sp³-hybridized carbons (Fsp3) is 0.207. The maximum atomic E-state index is 14.0. The summed E-state index contributed by atoms with van der Waals surface area (Å²) in [7, 11) is 1.62. The van der Waals surface area contributed by atoms with Crippen molar-refractivity contribution in [3.05, 3.63) is 89.5 Å². The summed E-state index contributed by atoms with van der Waals surface area (Å²) >= 11 is 0. The van der Waals surface area contributed by atoms with E-state index >= 15 is 0 Å². The molecule has 2 amide bonds. The Kier molecular flexibility index (Phi) is 6.39. The fourth-order valence-electron chi connectivity index (χ4n) is 5.06. The van der Waals surface area contributed by atoms with Gasteiger partial charge in [-0.25, -0.2) is 9.97 Å². The summed E-state index contributed by atoms with van der Waals surface area (Å²) in [6.45, 7) is 0.684. The minimum atomic E-state index is -1.07. The van der Waals surface area contributed by atoms with E-state index in [9.17, 15) is 19.5 Å². The molecule has 40 heavy (non-hydrogen) atoms. The number of carbonyl (C=O) groups excluding carboxylic acids is 2. The highest BCUT2D eigenvalue weighted by Gasteiger charge is 2.30. The minimum absolute atomic E-state index is 0.221. The van der Waals surface area contributed by atoms with Gasteiger partial charge in [0.25, 0.3) is 5.91 Å². The molecule has 6 rings (SSSR count). The number of para-hydroxylation sites is 4. The Morgan fingerprint density at radius 3 is 2.12 bits per heavy atom. The molecule has 0 saturated heterocycles. The first-order chi connectivity index (χ1) is 19.3. The molecule has 0 bridgehead atoms. The van der Waals surface area contributed by atoms with Crippen LogP contribution in [0.2, 0.25) is 0 Å². The lowest BCUT2D eigenvalue weighted by Crippen LogP contribution is -2.39. The topological polar surface area (TPSA) is 147 Å². The molecule has 3 aromatic carbocycles. The second-order valence-electron chi connectivity index (χ2n) is 9.92. The van der Waals surface area contributed by atoms with E-state index in [1.165, 1.54) is 4.90 Å². The number of benzene rings is 3. The predicted molar refractivity (Wildman–Crippen MR) is 148 cm³/mol. The highest BCUT2D eigenvalue weighted by molar-refractivity contribution is 5.96. The summed E-state index contributed by atoms with van der Waals surface area (Å²) in [5.74, 6) is -0.332. The van der Waals surface area contributed by atoms with Crippen molar-refractivity contribution in [2.24, 2.45) is 0 Å². The summed E-state index contributed by atoms with van der Waals surface area (Å²) in [4.78, 5) is 57.1. The molecule has 1 atom stereocenters. The van der Waals surface area contributed by atoms with Gasteiger partial charge in [-0.2, -0.15) is 0 Å². The number of rotatable bonds is 7. The molecule has 11 heteroatoms. The highest BCUT2D eigenvalue weighted by Crippen LogP contribution is 2.26. The maximum Gasteiger partial charge on any atom is 0.305 e. The summed E-state index contributed by atoms with van der Waals surface area (Å²) in [5, 5.41) is 12.3. The number of nitrogens with one attached hydrogen (secondary N) is 3. The number of aromatic amines is 2. The minimum Gasteiger partial charge on any atom is -0.481 e. The van der Waals surface area contributed by atoms with Crippen LogP contribution in [0, 0.1) is 0 Å². The van der Waals surface area contributed by atoms with Gasteiger partial charge in [-0.15, -0.1) is 0 Å². The van der Waals surface area contributed by atoms with Gasteiger partial charge in [0.05, 0.1) is 41.6 Å². The van der Waals surface area contributed by atoms with Crippen LogP contribution < -0.4 is 5.32 Å². The van der Waals surface area contributed by atoms with E-state index in [0.717, 1.165) is 27.6 Å². The molecule has 1 aliphatic rings. The van der Waals surface area contributed by atoms with E-state index in [-0.39, 0.29) is 37.9 Å². The quantitative estimate of drug-likeness (QED) is 0.248. The highest BCUT2D eigenvalue weighted by atomic mass is 16.4. The Balaban J connectivity index is 1.32. The molecule has 0 fully saturated rings. The normalized spacial score (nSPS) is 15.1. The molecule has 2 aromatic heterocycles. The Bertz CT molecular complexity index is 1620. The van der Waals surface area contributed by atoms with Gasteiger partial charge < -0.3 is 30.2 Å². The molecule has 0 saturated carbocycles. The van der Waals surface area contributed by atoms with Gasteiger partial charge in [0.2, 0.25) is 5.91 Å². The second kappa shape index (κ2) is 10.2. The summed E-state index contributed by atoms with van der Waals surface area (Å²) in [6.07, 6.45) is -0.341. The lowest BCUT2D eigenvalue weighted by Gasteiger charge is -2.22. The van der Waals surface area contributed by atoms with Crippen LogP contribution in [0.5, 0.6) is 0 Å². The van der Waals surface area contributed by atoms with Crippen molar-refractivity contribution in [3.8, 4) is 0 Å². The molecule has 3 heterocycles. The Morgan fingerprint density at radius 1 is 0.950 bits per heavy atom. The third kappa shape index (κ3) is 4.96. The van der Waals surface area contributed by atoms with Crippen LogP contribution in [0.1, 0.15) is 34.0 Å². The molecule has 1 aliphatic heterocycles. The lowest BCUT2D eigenvalue weighted by atomic mass is 10.1. The summed E-state index contributed by atoms with van der Waals surface area (Å²) in [5.41, 5.74) is 5.18. The number of aliphatic carboxylic acids is 1. The van der Waals surface area contributed by atoms with Crippen LogP contribution in [0.15, 0.2) is 66.7 Å². The van der Waals surface area contributed by atoms with Gasteiger partial charge in [0.15, 0.2) is 0 Å².